The Bertz CT molecular complexity index is 570. The van der Waals surface area contributed by atoms with Crippen molar-refractivity contribution in [3.05, 3.63) is 59.1 Å². The molecule has 0 radical (unpaired) electrons. The van der Waals surface area contributed by atoms with Gasteiger partial charge in [-0.1, -0.05) is 30.4 Å². The normalized spacial score (nSPS) is 11.1. The SMILES string of the molecule is CC=Cc1ccccc1OCc1cc(C)c(CN)o1. The lowest BCUT2D eigenvalue weighted by Gasteiger charge is -2.07. The van der Waals surface area contributed by atoms with Gasteiger partial charge >= 0.3 is 0 Å². The van der Waals surface area contributed by atoms with Crippen molar-refractivity contribution in [1.82, 2.24) is 0 Å². The smallest absolute Gasteiger partial charge is 0.146 e. The van der Waals surface area contributed by atoms with E-state index in [1.807, 2.05) is 56.3 Å². The number of allylic oxidation sites excluding steroid dienone is 1. The Labute approximate surface area is 113 Å². The highest BCUT2D eigenvalue weighted by Crippen LogP contribution is 2.22. The molecule has 1 aromatic heterocycles. The van der Waals surface area contributed by atoms with Crippen LogP contribution < -0.4 is 10.5 Å². The Morgan fingerprint density at radius 1 is 1.32 bits per heavy atom. The summed E-state index contributed by atoms with van der Waals surface area (Å²) < 4.78 is 11.4. The number of hydrogen-bond acceptors (Lipinski definition) is 3. The van der Waals surface area contributed by atoms with Crippen molar-refractivity contribution in [2.45, 2.75) is 27.0 Å². The number of ether oxygens (including phenoxy) is 1. The third-order valence-electron chi connectivity index (χ3n) is 2.89. The van der Waals surface area contributed by atoms with Gasteiger partial charge in [0, 0.05) is 5.56 Å². The average molecular weight is 257 g/mol. The van der Waals surface area contributed by atoms with Gasteiger partial charge in [0.25, 0.3) is 0 Å². The lowest BCUT2D eigenvalue weighted by atomic mass is 10.2. The average Bonchev–Trinajstić information content (AvgIpc) is 2.78. The molecule has 0 aliphatic rings. The van der Waals surface area contributed by atoms with E-state index in [1.165, 1.54) is 0 Å². The second-order valence-electron chi connectivity index (χ2n) is 4.35. The van der Waals surface area contributed by atoms with E-state index in [1.54, 1.807) is 0 Å². The van der Waals surface area contributed by atoms with Gasteiger partial charge in [-0.05, 0) is 31.5 Å². The maximum Gasteiger partial charge on any atom is 0.146 e. The maximum absolute atomic E-state index is 5.80. The van der Waals surface area contributed by atoms with Crippen molar-refractivity contribution in [2.75, 3.05) is 0 Å². The van der Waals surface area contributed by atoms with Gasteiger partial charge in [-0.25, -0.2) is 0 Å². The van der Waals surface area contributed by atoms with E-state index in [9.17, 15) is 0 Å². The van der Waals surface area contributed by atoms with Gasteiger partial charge in [0.05, 0.1) is 6.54 Å². The molecule has 1 heterocycles. The number of furan rings is 1. The summed E-state index contributed by atoms with van der Waals surface area (Å²) in [5.41, 5.74) is 7.73. The first-order chi connectivity index (χ1) is 9.24. The fourth-order valence-electron chi connectivity index (χ4n) is 1.94. The predicted molar refractivity (Wildman–Crippen MR) is 76.8 cm³/mol. The summed E-state index contributed by atoms with van der Waals surface area (Å²) in [6.45, 7) is 4.81. The molecular formula is C16H19NO2. The molecule has 3 heteroatoms. The summed E-state index contributed by atoms with van der Waals surface area (Å²) in [4.78, 5) is 0. The molecule has 0 amide bonds. The van der Waals surface area contributed by atoms with Crippen molar-refractivity contribution in [3.63, 3.8) is 0 Å². The van der Waals surface area contributed by atoms with E-state index in [0.29, 0.717) is 13.2 Å². The summed E-state index contributed by atoms with van der Waals surface area (Å²) in [7, 11) is 0. The number of rotatable bonds is 5. The van der Waals surface area contributed by atoms with Crippen LogP contribution in [0.1, 0.15) is 29.6 Å². The molecule has 0 aliphatic heterocycles. The van der Waals surface area contributed by atoms with Crippen LogP contribution in [0.4, 0.5) is 0 Å². The molecule has 100 valence electrons. The zero-order chi connectivity index (χ0) is 13.7. The van der Waals surface area contributed by atoms with E-state index >= 15 is 0 Å². The van der Waals surface area contributed by atoms with Gasteiger partial charge in [0.2, 0.25) is 0 Å². The number of benzene rings is 1. The van der Waals surface area contributed by atoms with Crippen LogP contribution in [0.5, 0.6) is 5.75 Å². The van der Waals surface area contributed by atoms with E-state index in [4.69, 9.17) is 14.9 Å². The first-order valence-electron chi connectivity index (χ1n) is 6.37. The van der Waals surface area contributed by atoms with Crippen molar-refractivity contribution >= 4 is 6.08 Å². The van der Waals surface area contributed by atoms with Crippen LogP contribution in [0.25, 0.3) is 6.08 Å². The van der Waals surface area contributed by atoms with Gasteiger partial charge in [0.1, 0.15) is 23.9 Å². The first-order valence-corrected chi connectivity index (χ1v) is 6.37. The Kier molecular flexibility index (Phi) is 4.42. The van der Waals surface area contributed by atoms with E-state index in [2.05, 4.69) is 0 Å². The van der Waals surface area contributed by atoms with Crippen LogP contribution >= 0.6 is 0 Å². The van der Waals surface area contributed by atoms with Gasteiger partial charge in [0.15, 0.2) is 0 Å². The van der Waals surface area contributed by atoms with Crippen molar-refractivity contribution < 1.29 is 9.15 Å². The molecule has 0 saturated carbocycles. The maximum atomic E-state index is 5.80. The van der Waals surface area contributed by atoms with Crippen LogP contribution in [0, 0.1) is 6.92 Å². The largest absolute Gasteiger partial charge is 0.485 e. The third-order valence-corrected chi connectivity index (χ3v) is 2.89. The van der Waals surface area contributed by atoms with Gasteiger partial charge in [-0.15, -0.1) is 0 Å². The van der Waals surface area contributed by atoms with Crippen LogP contribution in [-0.4, -0.2) is 0 Å². The molecule has 0 saturated heterocycles. The number of nitrogens with two attached hydrogens (primary N) is 1. The molecule has 2 rings (SSSR count). The number of hydrogen-bond donors (Lipinski definition) is 1. The fourth-order valence-corrected chi connectivity index (χ4v) is 1.94. The Morgan fingerprint density at radius 2 is 2.11 bits per heavy atom. The second kappa shape index (κ2) is 6.25. The summed E-state index contributed by atoms with van der Waals surface area (Å²) in [5, 5.41) is 0. The van der Waals surface area contributed by atoms with Gasteiger partial charge < -0.3 is 14.9 Å². The Balaban J connectivity index is 2.09. The minimum Gasteiger partial charge on any atom is -0.485 e. The number of aryl methyl sites for hydroxylation is 1. The lowest BCUT2D eigenvalue weighted by molar-refractivity contribution is 0.265. The number of para-hydroxylation sites is 1. The monoisotopic (exact) mass is 257 g/mol. The fraction of sp³-hybridized carbons (Fsp3) is 0.250. The zero-order valence-electron chi connectivity index (χ0n) is 11.3. The summed E-state index contributed by atoms with van der Waals surface area (Å²) >= 11 is 0. The molecule has 0 unspecified atom stereocenters. The summed E-state index contributed by atoms with van der Waals surface area (Å²) in [6.07, 6.45) is 4.01. The minimum atomic E-state index is 0.412. The zero-order valence-corrected chi connectivity index (χ0v) is 11.3. The summed E-state index contributed by atoms with van der Waals surface area (Å²) in [5.74, 6) is 2.47. The van der Waals surface area contributed by atoms with Crippen LogP contribution in [0.3, 0.4) is 0 Å². The molecule has 2 N–H and O–H groups in total. The highest BCUT2D eigenvalue weighted by atomic mass is 16.5. The van der Waals surface area contributed by atoms with E-state index in [-0.39, 0.29) is 0 Å². The molecule has 0 bridgehead atoms. The minimum absolute atomic E-state index is 0.412. The topological polar surface area (TPSA) is 48.4 Å². The molecule has 0 aliphatic carbocycles. The molecule has 3 nitrogen and oxygen atoms in total. The highest BCUT2D eigenvalue weighted by molar-refractivity contribution is 5.56. The molecule has 19 heavy (non-hydrogen) atoms. The molecule has 1 aromatic carbocycles. The van der Waals surface area contributed by atoms with Crippen molar-refractivity contribution in [2.24, 2.45) is 5.73 Å². The Morgan fingerprint density at radius 3 is 2.79 bits per heavy atom. The molecule has 0 atom stereocenters. The van der Waals surface area contributed by atoms with Crippen LogP contribution in [0.2, 0.25) is 0 Å². The van der Waals surface area contributed by atoms with Crippen LogP contribution in [0.15, 0.2) is 40.8 Å². The Hall–Kier alpha value is -2.00. The highest BCUT2D eigenvalue weighted by Gasteiger charge is 2.07. The van der Waals surface area contributed by atoms with Crippen molar-refractivity contribution in [3.8, 4) is 5.75 Å². The van der Waals surface area contributed by atoms with Gasteiger partial charge in [-0.2, -0.15) is 0 Å². The molecular weight excluding hydrogens is 238 g/mol. The predicted octanol–water partition coefficient (Wildman–Crippen LogP) is 3.66. The molecule has 0 fully saturated rings. The lowest BCUT2D eigenvalue weighted by Crippen LogP contribution is -1.96. The van der Waals surface area contributed by atoms with E-state index < -0.39 is 0 Å². The summed E-state index contributed by atoms with van der Waals surface area (Å²) in [6, 6.07) is 9.90. The molecule has 2 aromatic rings. The second-order valence-corrected chi connectivity index (χ2v) is 4.35. The van der Waals surface area contributed by atoms with Crippen LogP contribution in [-0.2, 0) is 13.2 Å². The standard InChI is InChI=1S/C16H19NO2/c1-3-6-13-7-4-5-8-15(13)18-11-14-9-12(2)16(10-17)19-14/h3-9H,10-11,17H2,1-2H3. The van der Waals surface area contributed by atoms with Crippen molar-refractivity contribution in [1.29, 1.82) is 0 Å². The molecule has 0 spiro atoms. The van der Waals surface area contributed by atoms with Gasteiger partial charge in [-0.3, -0.25) is 0 Å². The third kappa shape index (κ3) is 3.26. The first kappa shape index (κ1) is 13.4. The quantitative estimate of drug-likeness (QED) is 0.889. The van der Waals surface area contributed by atoms with E-state index in [0.717, 1.165) is 28.4 Å².